The molecule has 3 rings (SSSR count). The first-order valence-electron chi connectivity index (χ1n) is 8.45. The van der Waals surface area contributed by atoms with Gasteiger partial charge in [0.1, 0.15) is 5.75 Å². The van der Waals surface area contributed by atoms with Crippen LogP contribution in [0.4, 0.5) is 5.69 Å². The van der Waals surface area contributed by atoms with E-state index in [2.05, 4.69) is 4.72 Å². The molecule has 2 aromatic rings. The van der Waals surface area contributed by atoms with Gasteiger partial charge in [0.25, 0.3) is 5.69 Å². The van der Waals surface area contributed by atoms with Crippen molar-refractivity contribution in [2.75, 3.05) is 27.2 Å². The quantitative estimate of drug-likeness (QED) is 0.573. The number of nitro groups is 1. The number of para-hydroxylation sites is 1. The fourth-order valence-electron chi connectivity index (χ4n) is 3.11. The van der Waals surface area contributed by atoms with Gasteiger partial charge in [0.05, 0.1) is 11.5 Å². The topological polar surface area (TPSA) is 102 Å². The standard InChI is InChI=1S/C18H21N3O5S/c1-20(2)16(13-7-8-17-14(11-13)9-10-26-17)12-19-27(24,25)18-6-4-3-5-15(18)21(22)23/h3-8,11,16,19H,9-10,12H2,1-2H3. The van der Waals surface area contributed by atoms with Crippen LogP contribution in [0.25, 0.3) is 0 Å². The predicted octanol–water partition coefficient (Wildman–Crippen LogP) is 2.11. The summed E-state index contributed by atoms with van der Waals surface area (Å²) in [4.78, 5) is 12.0. The second kappa shape index (κ2) is 7.63. The number of hydrogen-bond acceptors (Lipinski definition) is 6. The minimum Gasteiger partial charge on any atom is -0.493 e. The Morgan fingerprint density at radius 2 is 2.00 bits per heavy atom. The lowest BCUT2D eigenvalue weighted by Crippen LogP contribution is -2.34. The minimum absolute atomic E-state index is 0.0844. The van der Waals surface area contributed by atoms with Crippen LogP contribution in [0, 0.1) is 10.1 Å². The lowest BCUT2D eigenvalue weighted by Gasteiger charge is -2.25. The molecule has 144 valence electrons. The molecule has 0 radical (unpaired) electrons. The van der Waals surface area contributed by atoms with E-state index >= 15 is 0 Å². The Labute approximate surface area is 158 Å². The van der Waals surface area contributed by atoms with E-state index in [9.17, 15) is 18.5 Å². The molecule has 0 aromatic heterocycles. The van der Waals surface area contributed by atoms with Crippen molar-refractivity contribution in [2.45, 2.75) is 17.4 Å². The first-order valence-corrected chi connectivity index (χ1v) is 9.93. The number of likely N-dealkylation sites (N-methyl/N-ethyl adjacent to an activating group) is 1. The zero-order valence-corrected chi connectivity index (χ0v) is 15.9. The van der Waals surface area contributed by atoms with Crippen molar-refractivity contribution in [1.82, 2.24) is 9.62 Å². The fraction of sp³-hybridized carbons (Fsp3) is 0.333. The summed E-state index contributed by atoms with van der Waals surface area (Å²) in [6, 6.07) is 10.9. The van der Waals surface area contributed by atoms with E-state index in [1.807, 2.05) is 37.2 Å². The number of sulfonamides is 1. The van der Waals surface area contributed by atoms with Gasteiger partial charge in [-0.1, -0.05) is 24.3 Å². The molecule has 1 aliphatic heterocycles. The maximum absolute atomic E-state index is 12.6. The predicted molar refractivity (Wildman–Crippen MR) is 100 cm³/mol. The van der Waals surface area contributed by atoms with Gasteiger partial charge >= 0.3 is 0 Å². The molecular formula is C18H21N3O5S. The highest BCUT2D eigenvalue weighted by Crippen LogP contribution is 2.30. The summed E-state index contributed by atoms with van der Waals surface area (Å²) in [5, 5.41) is 11.1. The number of ether oxygens (including phenoxy) is 1. The molecule has 1 atom stereocenters. The molecule has 8 nitrogen and oxygen atoms in total. The summed E-state index contributed by atoms with van der Waals surface area (Å²) in [5.74, 6) is 0.858. The Morgan fingerprint density at radius 1 is 1.26 bits per heavy atom. The highest BCUT2D eigenvalue weighted by molar-refractivity contribution is 7.89. The number of nitrogens with one attached hydrogen (secondary N) is 1. The molecule has 1 heterocycles. The van der Waals surface area contributed by atoms with Crippen LogP contribution in [0.15, 0.2) is 47.4 Å². The number of rotatable bonds is 7. The van der Waals surface area contributed by atoms with E-state index in [4.69, 9.17) is 4.74 Å². The van der Waals surface area contributed by atoms with Crippen LogP contribution in [0.1, 0.15) is 17.2 Å². The van der Waals surface area contributed by atoms with E-state index in [1.54, 1.807) is 0 Å². The lowest BCUT2D eigenvalue weighted by atomic mass is 10.0. The molecule has 0 spiro atoms. The highest BCUT2D eigenvalue weighted by Gasteiger charge is 2.27. The van der Waals surface area contributed by atoms with Crippen molar-refractivity contribution in [1.29, 1.82) is 0 Å². The van der Waals surface area contributed by atoms with Crippen molar-refractivity contribution in [3.05, 3.63) is 63.7 Å². The number of fused-ring (bicyclic) bond motifs is 1. The normalized spacial score (nSPS) is 14.6. The van der Waals surface area contributed by atoms with Crippen molar-refractivity contribution in [3.8, 4) is 5.75 Å². The molecule has 0 saturated heterocycles. The van der Waals surface area contributed by atoms with Crippen LogP contribution in [0.5, 0.6) is 5.75 Å². The van der Waals surface area contributed by atoms with E-state index in [0.29, 0.717) is 6.61 Å². The molecule has 9 heteroatoms. The number of benzene rings is 2. The molecule has 0 amide bonds. The van der Waals surface area contributed by atoms with Crippen molar-refractivity contribution in [2.24, 2.45) is 0 Å². The SMILES string of the molecule is CN(C)C(CNS(=O)(=O)c1ccccc1[N+](=O)[O-])c1ccc2c(c1)CCO2. The summed E-state index contributed by atoms with van der Waals surface area (Å²) in [7, 11) is -0.317. The first-order chi connectivity index (χ1) is 12.8. The summed E-state index contributed by atoms with van der Waals surface area (Å²) >= 11 is 0. The van der Waals surface area contributed by atoms with Crippen molar-refractivity contribution < 1.29 is 18.1 Å². The van der Waals surface area contributed by atoms with Crippen LogP contribution in [0.2, 0.25) is 0 Å². The lowest BCUT2D eigenvalue weighted by molar-refractivity contribution is -0.387. The zero-order chi connectivity index (χ0) is 19.6. The molecule has 1 N–H and O–H groups in total. The largest absolute Gasteiger partial charge is 0.493 e. The molecule has 0 saturated carbocycles. The van der Waals surface area contributed by atoms with E-state index in [0.717, 1.165) is 23.3 Å². The molecule has 0 bridgehead atoms. The summed E-state index contributed by atoms with van der Waals surface area (Å²) < 4.78 is 33.3. The van der Waals surface area contributed by atoms with E-state index in [1.165, 1.54) is 24.3 Å². The van der Waals surface area contributed by atoms with Gasteiger partial charge in [-0.25, -0.2) is 13.1 Å². The molecule has 1 unspecified atom stereocenters. The van der Waals surface area contributed by atoms with Gasteiger partial charge in [-0.3, -0.25) is 10.1 Å². The molecule has 27 heavy (non-hydrogen) atoms. The van der Waals surface area contributed by atoms with E-state index < -0.39 is 20.6 Å². The molecule has 2 aromatic carbocycles. The molecule has 1 aliphatic rings. The monoisotopic (exact) mass is 391 g/mol. The molecule has 0 fully saturated rings. The van der Waals surface area contributed by atoms with Crippen LogP contribution in [-0.4, -0.2) is 45.5 Å². The van der Waals surface area contributed by atoms with E-state index in [-0.39, 0.29) is 17.5 Å². The van der Waals surface area contributed by atoms with Crippen molar-refractivity contribution >= 4 is 15.7 Å². The van der Waals surface area contributed by atoms with Gasteiger partial charge in [-0.2, -0.15) is 0 Å². The first kappa shape index (κ1) is 19.3. The third-order valence-electron chi connectivity index (χ3n) is 4.54. The Bertz CT molecular complexity index is 959. The smallest absolute Gasteiger partial charge is 0.289 e. The van der Waals surface area contributed by atoms with Gasteiger partial charge in [0.15, 0.2) is 4.90 Å². The Hall–Kier alpha value is -2.49. The maximum atomic E-state index is 12.6. The Morgan fingerprint density at radius 3 is 2.70 bits per heavy atom. The average molecular weight is 391 g/mol. The summed E-state index contributed by atoms with van der Waals surface area (Å²) in [5.41, 5.74) is 1.61. The number of nitrogens with zero attached hydrogens (tertiary/aromatic N) is 2. The van der Waals surface area contributed by atoms with Gasteiger partial charge in [0.2, 0.25) is 10.0 Å². The third-order valence-corrected chi connectivity index (χ3v) is 6.01. The highest BCUT2D eigenvalue weighted by atomic mass is 32.2. The third kappa shape index (κ3) is 4.10. The van der Waals surface area contributed by atoms with Crippen molar-refractivity contribution in [3.63, 3.8) is 0 Å². The average Bonchev–Trinajstić information content (AvgIpc) is 3.09. The zero-order valence-electron chi connectivity index (χ0n) is 15.1. The molecular weight excluding hydrogens is 370 g/mol. The van der Waals surface area contributed by atoms with Crippen LogP contribution in [-0.2, 0) is 16.4 Å². The second-order valence-corrected chi connectivity index (χ2v) is 8.26. The summed E-state index contributed by atoms with van der Waals surface area (Å²) in [6.07, 6.45) is 0.825. The van der Waals surface area contributed by atoms with Crippen LogP contribution in [0.3, 0.4) is 0 Å². The minimum atomic E-state index is -4.03. The fourth-order valence-corrected chi connectivity index (χ4v) is 4.32. The second-order valence-electron chi connectivity index (χ2n) is 6.52. The van der Waals surface area contributed by atoms with Crippen LogP contribution < -0.4 is 9.46 Å². The molecule has 0 aliphatic carbocycles. The Kier molecular flexibility index (Phi) is 5.45. The number of nitro benzene ring substituents is 1. The van der Waals surface area contributed by atoms with Gasteiger partial charge in [-0.05, 0) is 37.4 Å². The van der Waals surface area contributed by atoms with Gasteiger partial charge < -0.3 is 9.64 Å². The summed E-state index contributed by atoms with van der Waals surface area (Å²) in [6.45, 7) is 0.733. The Balaban J connectivity index is 1.83. The van der Waals surface area contributed by atoms with Gasteiger partial charge in [0, 0.05) is 25.1 Å². The number of hydrogen-bond donors (Lipinski definition) is 1. The van der Waals surface area contributed by atoms with Crippen LogP contribution >= 0.6 is 0 Å². The van der Waals surface area contributed by atoms with Gasteiger partial charge in [-0.15, -0.1) is 0 Å². The maximum Gasteiger partial charge on any atom is 0.289 e.